The highest BCUT2D eigenvalue weighted by atomic mass is 19.1. The lowest BCUT2D eigenvalue weighted by Gasteiger charge is -2.26. The Hall–Kier alpha value is -4.01. The zero-order chi connectivity index (χ0) is 20.3. The normalized spacial score (nSPS) is 15.5. The summed E-state index contributed by atoms with van der Waals surface area (Å²) in [6.45, 7) is -0.624. The third-order valence-corrected chi connectivity index (χ3v) is 3.74. The lowest BCUT2D eigenvalue weighted by molar-refractivity contribution is -0.307. The van der Waals surface area contributed by atoms with Gasteiger partial charge in [-0.1, -0.05) is 24.3 Å². The minimum Gasteiger partial charge on any atom is -0.546 e. The zero-order valence-corrected chi connectivity index (χ0v) is 14.2. The number of amides is 4. The maximum absolute atomic E-state index is 14.0. The first-order valence-electron chi connectivity index (χ1n) is 7.95. The van der Waals surface area contributed by atoms with Gasteiger partial charge in [-0.25, -0.2) is 14.1 Å². The fourth-order valence-electron chi connectivity index (χ4n) is 2.48. The fraction of sp³-hybridized carbons (Fsp3) is 0.0526. The summed E-state index contributed by atoms with van der Waals surface area (Å²) in [6.07, 6.45) is 1.22. The molecule has 28 heavy (non-hydrogen) atoms. The highest BCUT2D eigenvalue weighted by Crippen LogP contribution is 2.24. The number of barbiturate groups is 1. The third kappa shape index (κ3) is 3.88. The van der Waals surface area contributed by atoms with Gasteiger partial charge in [0.15, 0.2) is 0 Å². The van der Waals surface area contributed by atoms with Crippen molar-refractivity contribution >= 4 is 35.6 Å². The Balaban J connectivity index is 1.89. The van der Waals surface area contributed by atoms with Crippen molar-refractivity contribution in [2.75, 3.05) is 11.5 Å². The molecule has 0 saturated carbocycles. The smallest absolute Gasteiger partial charge is 0.336 e. The predicted molar refractivity (Wildman–Crippen MR) is 92.3 cm³/mol. The van der Waals surface area contributed by atoms with Crippen LogP contribution in [0.15, 0.2) is 54.1 Å². The fourth-order valence-corrected chi connectivity index (χ4v) is 2.48. The number of hydrogen-bond donors (Lipinski definition) is 1. The van der Waals surface area contributed by atoms with Crippen LogP contribution < -0.4 is 20.1 Å². The van der Waals surface area contributed by atoms with Gasteiger partial charge in [0.05, 0.1) is 11.7 Å². The molecule has 2 aromatic carbocycles. The van der Waals surface area contributed by atoms with Gasteiger partial charge in [-0.05, 0) is 35.9 Å². The average molecular weight is 383 g/mol. The largest absolute Gasteiger partial charge is 0.546 e. The number of carboxylic acid groups (broad SMARTS) is 1. The van der Waals surface area contributed by atoms with Crippen molar-refractivity contribution in [2.45, 2.75) is 0 Å². The Morgan fingerprint density at radius 1 is 1.11 bits per heavy atom. The molecule has 0 aliphatic carbocycles. The monoisotopic (exact) mass is 383 g/mol. The first-order chi connectivity index (χ1) is 13.4. The van der Waals surface area contributed by atoms with E-state index in [0.717, 1.165) is 6.07 Å². The van der Waals surface area contributed by atoms with Crippen LogP contribution in [0.4, 0.5) is 14.9 Å². The van der Waals surface area contributed by atoms with Crippen LogP contribution in [-0.4, -0.2) is 30.4 Å². The van der Waals surface area contributed by atoms with Gasteiger partial charge in [-0.15, -0.1) is 0 Å². The number of ether oxygens (including phenoxy) is 1. The molecule has 0 aromatic heterocycles. The van der Waals surface area contributed by atoms with E-state index in [-0.39, 0.29) is 17.0 Å². The topological polar surface area (TPSA) is 116 Å². The molecule has 1 aliphatic rings. The summed E-state index contributed by atoms with van der Waals surface area (Å²) in [5, 5.41) is 12.4. The van der Waals surface area contributed by atoms with E-state index in [0.29, 0.717) is 10.5 Å². The van der Waals surface area contributed by atoms with E-state index in [1.54, 1.807) is 0 Å². The summed E-state index contributed by atoms with van der Waals surface area (Å²) in [5.74, 6) is -3.83. The molecule has 4 amide bonds. The molecular weight excluding hydrogens is 371 g/mol. The van der Waals surface area contributed by atoms with Gasteiger partial charge in [0.25, 0.3) is 11.8 Å². The van der Waals surface area contributed by atoms with Gasteiger partial charge < -0.3 is 14.6 Å². The molecule has 1 N–H and O–H groups in total. The molecule has 1 fully saturated rings. The van der Waals surface area contributed by atoms with Crippen molar-refractivity contribution < 1.29 is 33.4 Å². The van der Waals surface area contributed by atoms with Crippen LogP contribution in [-0.2, 0) is 14.4 Å². The van der Waals surface area contributed by atoms with E-state index in [2.05, 4.69) is 0 Å². The maximum Gasteiger partial charge on any atom is 0.336 e. The summed E-state index contributed by atoms with van der Waals surface area (Å²) in [5.41, 5.74) is -0.247. The first kappa shape index (κ1) is 18.8. The highest BCUT2D eigenvalue weighted by molar-refractivity contribution is 6.39. The third-order valence-electron chi connectivity index (χ3n) is 3.74. The number of rotatable bonds is 5. The molecule has 0 atom stereocenters. The van der Waals surface area contributed by atoms with E-state index in [9.17, 15) is 28.7 Å². The zero-order valence-electron chi connectivity index (χ0n) is 14.2. The first-order valence-corrected chi connectivity index (χ1v) is 7.95. The number of nitrogens with zero attached hydrogens (tertiary/aromatic N) is 1. The van der Waals surface area contributed by atoms with E-state index >= 15 is 0 Å². The summed E-state index contributed by atoms with van der Waals surface area (Å²) in [6, 6.07) is 9.93. The Kier molecular flexibility index (Phi) is 5.16. The molecule has 0 unspecified atom stereocenters. The number of carboxylic acids is 1. The predicted octanol–water partition coefficient (Wildman–Crippen LogP) is 0.621. The maximum atomic E-state index is 14.0. The van der Waals surface area contributed by atoms with E-state index in [1.165, 1.54) is 48.5 Å². The molecule has 0 spiro atoms. The molecule has 8 nitrogen and oxygen atoms in total. The molecule has 2 aromatic rings. The number of benzene rings is 2. The van der Waals surface area contributed by atoms with Crippen LogP contribution in [0.1, 0.15) is 5.56 Å². The number of carbonyl (C=O) groups is 4. The molecular formula is C19H12FN2O6-. The SMILES string of the molecule is O=C([O-])COc1ccc(/C=C2/C(=O)NC(=O)N(c3ccccc3F)C2=O)cc1. The van der Waals surface area contributed by atoms with Crippen LogP contribution >= 0.6 is 0 Å². The summed E-state index contributed by atoms with van der Waals surface area (Å²) in [7, 11) is 0. The van der Waals surface area contributed by atoms with Crippen LogP contribution in [0.5, 0.6) is 5.75 Å². The number of anilines is 1. The second-order valence-corrected chi connectivity index (χ2v) is 5.64. The van der Waals surface area contributed by atoms with Crippen molar-refractivity contribution in [1.29, 1.82) is 0 Å². The molecule has 1 heterocycles. The highest BCUT2D eigenvalue weighted by Gasteiger charge is 2.37. The molecule has 0 radical (unpaired) electrons. The molecule has 1 aliphatic heterocycles. The minimum atomic E-state index is -1.38. The number of nitrogens with one attached hydrogen (secondary N) is 1. The van der Waals surface area contributed by atoms with Crippen molar-refractivity contribution in [3.63, 3.8) is 0 Å². The Labute approximate surface area is 157 Å². The van der Waals surface area contributed by atoms with Crippen molar-refractivity contribution in [3.05, 3.63) is 65.5 Å². The Morgan fingerprint density at radius 2 is 1.79 bits per heavy atom. The lowest BCUT2D eigenvalue weighted by Crippen LogP contribution is -2.54. The number of urea groups is 1. The van der Waals surface area contributed by atoms with E-state index in [4.69, 9.17) is 4.74 Å². The number of para-hydroxylation sites is 1. The molecule has 9 heteroatoms. The molecule has 0 bridgehead atoms. The number of hydrogen-bond acceptors (Lipinski definition) is 6. The van der Waals surface area contributed by atoms with E-state index in [1.807, 2.05) is 5.32 Å². The molecule has 142 valence electrons. The Morgan fingerprint density at radius 3 is 2.43 bits per heavy atom. The second kappa shape index (κ2) is 7.70. The number of halogens is 1. The standard InChI is InChI=1S/C19H13FN2O6/c20-14-3-1-2-4-15(14)22-18(26)13(17(25)21-19(22)27)9-11-5-7-12(8-6-11)28-10-16(23)24/h1-9H,10H2,(H,23,24)(H,21,25,27)/p-1/b13-9-. The van der Waals surface area contributed by atoms with Crippen LogP contribution in [0.3, 0.4) is 0 Å². The van der Waals surface area contributed by atoms with Gasteiger partial charge in [0.1, 0.15) is 23.7 Å². The van der Waals surface area contributed by atoms with Crippen LogP contribution in [0.25, 0.3) is 6.08 Å². The van der Waals surface area contributed by atoms with Gasteiger partial charge in [0.2, 0.25) is 0 Å². The van der Waals surface area contributed by atoms with Gasteiger partial charge in [-0.2, -0.15) is 0 Å². The second-order valence-electron chi connectivity index (χ2n) is 5.64. The van der Waals surface area contributed by atoms with Crippen molar-refractivity contribution in [3.8, 4) is 5.75 Å². The van der Waals surface area contributed by atoms with Crippen LogP contribution in [0, 0.1) is 5.82 Å². The summed E-state index contributed by atoms with van der Waals surface area (Å²) in [4.78, 5) is 47.7. The molecule has 1 saturated heterocycles. The average Bonchev–Trinajstić information content (AvgIpc) is 2.65. The van der Waals surface area contributed by atoms with Gasteiger partial charge in [0, 0.05) is 0 Å². The summed E-state index contributed by atoms with van der Waals surface area (Å²) >= 11 is 0. The van der Waals surface area contributed by atoms with Crippen molar-refractivity contribution in [1.82, 2.24) is 5.32 Å². The minimum absolute atomic E-state index is 0.244. The van der Waals surface area contributed by atoms with Crippen molar-refractivity contribution in [2.24, 2.45) is 0 Å². The van der Waals surface area contributed by atoms with Gasteiger partial charge in [-0.3, -0.25) is 14.9 Å². The van der Waals surface area contributed by atoms with Crippen LogP contribution in [0.2, 0.25) is 0 Å². The number of carbonyl (C=O) groups excluding carboxylic acids is 4. The molecule has 3 rings (SSSR count). The quantitative estimate of drug-likeness (QED) is 0.598. The van der Waals surface area contributed by atoms with E-state index < -0.39 is 36.2 Å². The summed E-state index contributed by atoms with van der Waals surface area (Å²) < 4.78 is 18.9. The van der Waals surface area contributed by atoms with Gasteiger partial charge >= 0.3 is 6.03 Å². The number of imide groups is 2. The lowest BCUT2D eigenvalue weighted by atomic mass is 10.1. The number of aliphatic carboxylic acids is 1. The Bertz CT molecular complexity index is 1000.